The molecule has 92 valence electrons. The molecule has 2 aromatic rings. The molecule has 18 heavy (non-hydrogen) atoms. The minimum absolute atomic E-state index is 0.693. The predicted octanol–water partition coefficient (Wildman–Crippen LogP) is 1.83. The Morgan fingerprint density at radius 3 is 2.67 bits per heavy atom. The van der Waals surface area contributed by atoms with Crippen molar-refractivity contribution in [1.82, 2.24) is 9.97 Å². The van der Waals surface area contributed by atoms with E-state index in [0.717, 1.165) is 40.7 Å². The molecule has 0 fully saturated rings. The third-order valence-corrected chi connectivity index (χ3v) is 3.05. The van der Waals surface area contributed by atoms with Crippen molar-refractivity contribution >= 4 is 12.2 Å². The number of nitrogens with zero attached hydrogens (tertiary/aromatic N) is 1. The van der Waals surface area contributed by atoms with Crippen LogP contribution in [0.5, 0.6) is 5.75 Å². The van der Waals surface area contributed by atoms with E-state index < -0.39 is 0 Å². The van der Waals surface area contributed by atoms with Crippen LogP contribution in [-0.2, 0) is 0 Å². The summed E-state index contributed by atoms with van der Waals surface area (Å²) in [5, 5.41) is 2.22. The van der Waals surface area contributed by atoms with E-state index in [-0.39, 0.29) is 0 Å². The minimum atomic E-state index is 0.693. The van der Waals surface area contributed by atoms with Gasteiger partial charge in [-0.1, -0.05) is 12.2 Å². The highest BCUT2D eigenvalue weighted by Gasteiger charge is 2.04. The first-order chi connectivity index (χ1) is 8.86. The quantitative estimate of drug-likeness (QED) is 0.888. The highest BCUT2D eigenvalue weighted by atomic mass is 16.5. The third-order valence-electron chi connectivity index (χ3n) is 3.05. The lowest BCUT2D eigenvalue weighted by atomic mass is 10.2. The molecule has 1 heterocycles. The average molecular weight is 240 g/mol. The van der Waals surface area contributed by atoms with Crippen LogP contribution in [0.25, 0.3) is 23.5 Å². The Balaban J connectivity index is 1.97. The number of rotatable bonds is 3. The van der Waals surface area contributed by atoms with Crippen LogP contribution in [0.2, 0.25) is 0 Å². The zero-order valence-electron chi connectivity index (χ0n) is 10.4. The molecule has 0 radical (unpaired) electrons. The zero-order chi connectivity index (χ0) is 12.4. The minimum Gasteiger partial charge on any atom is -0.494 e. The largest absolute Gasteiger partial charge is 0.494 e. The highest BCUT2D eigenvalue weighted by Crippen LogP contribution is 2.18. The Morgan fingerprint density at radius 2 is 1.94 bits per heavy atom. The first-order valence-corrected chi connectivity index (χ1v) is 6.36. The van der Waals surface area contributed by atoms with Crippen molar-refractivity contribution in [2.24, 2.45) is 0 Å². The second kappa shape index (κ2) is 4.69. The summed E-state index contributed by atoms with van der Waals surface area (Å²) in [5.74, 6) is 1.83. The molecule has 3 heteroatoms. The molecule has 0 amide bonds. The summed E-state index contributed by atoms with van der Waals surface area (Å²) >= 11 is 0. The van der Waals surface area contributed by atoms with Gasteiger partial charge in [0.1, 0.15) is 11.6 Å². The number of benzene rings is 1. The number of hydrogen-bond donors (Lipinski definition) is 1. The first kappa shape index (κ1) is 11.1. The van der Waals surface area contributed by atoms with Crippen LogP contribution in [-0.4, -0.2) is 16.6 Å². The van der Waals surface area contributed by atoms with Gasteiger partial charge in [0.05, 0.1) is 17.3 Å². The maximum absolute atomic E-state index is 5.44. The van der Waals surface area contributed by atoms with Gasteiger partial charge in [-0.15, -0.1) is 0 Å². The summed E-state index contributed by atoms with van der Waals surface area (Å²) in [6.07, 6.45) is 6.57. The summed E-state index contributed by atoms with van der Waals surface area (Å²) < 4.78 is 5.44. The van der Waals surface area contributed by atoms with Crippen LogP contribution in [0, 0.1) is 0 Å². The molecule has 1 aliphatic rings. The Bertz CT molecular complexity index is 619. The highest BCUT2D eigenvalue weighted by molar-refractivity contribution is 5.57. The van der Waals surface area contributed by atoms with Crippen molar-refractivity contribution in [3.05, 3.63) is 35.0 Å². The van der Waals surface area contributed by atoms with E-state index in [4.69, 9.17) is 4.74 Å². The fraction of sp³-hybridized carbons (Fsp3) is 0.267. The van der Waals surface area contributed by atoms with Gasteiger partial charge in [-0.05, 0) is 44.0 Å². The van der Waals surface area contributed by atoms with Gasteiger partial charge in [0.15, 0.2) is 0 Å². The van der Waals surface area contributed by atoms with Gasteiger partial charge in [0, 0.05) is 5.56 Å². The maximum Gasteiger partial charge on any atom is 0.138 e. The van der Waals surface area contributed by atoms with E-state index in [0.29, 0.717) is 6.61 Å². The van der Waals surface area contributed by atoms with Crippen molar-refractivity contribution in [3.63, 3.8) is 0 Å². The van der Waals surface area contributed by atoms with Crippen molar-refractivity contribution in [2.45, 2.75) is 19.8 Å². The molecule has 1 aromatic carbocycles. The number of fused-ring (bicyclic) bond motifs is 1. The average Bonchev–Trinajstić information content (AvgIpc) is 2.84. The molecule has 3 rings (SSSR count). The fourth-order valence-corrected chi connectivity index (χ4v) is 2.17. The van der Waals surface area contributed by atoms with Gasteiger partial charge >= 0.3 is 0 Å². The van der Waals surface area contributed by atoms with E-state index >= 15 is 0 Å². The molecule has 3 nitrogen and oxygen atoms in total. The maximum atomic E-state index is 5.44. The molecule has 0 saturated carbocycles. The van der Waals surface area contributed by atoms with E-state index in [1.54, 1.807) is 0 Å². The predicted molar refractivity (Wildman–Crippen MR) is 72.6 cm³/mol. The van der Waals surface area contributed by atoms with E-state index in [1.165, 1.54) is 0 Å². The molecule has 0 spiro atoms. The van der Waals surface area contributed by atoms with Crippen LogP contribution in [0.1, 0.15) is 19.8 Å². The van der Waals surface area contributed by atoms with Crippen molar-refractivity contribution in [2.75, 3.05) is 6.61 Å². The van der Waals surface area contributed by atoms with Crippen LogP contribution in [0.4, 0.5) is 0 Å². The molecule has 1 aromatic heterocycles. The summed E-state index contributed by atoms with van der Waals surface area (Å²) in [4.78, 5) is 7.98. The fourth-order valence-electron chi connectivity index (χ4n) is 2.17. The standard InChI is InChI=1S/C15H16N2O/c1-2-18-12-9-7-11(8-10-12)15-16-13-5-3-4-6-14(13)17-15/h5-10H,2-4H2,1H3,(H,16,17). The van der Waals surface area contributed by atoms with Crippen molar-refractivity contribution < 1.29 is 4.74 Å². The molecule has 0 aliphatic heterocycles. The van der Waals surface area contributed by atoms with Crippen LogP contribution in [0.15, 0.2) is 24.3 Å². The number of imidazole rings is 1. The molecule has 0 saturated heterocycles. The van der Waals surface area contributed by atoms with Gasteiger partial charge in [-0.25, -0.2) is 4.98 Å². The van der Waals surface area contributed by atoms with E-state index in [2.05, 4.69) is 22.1 Å². The van der Waals surface area contributed by atoms with Crippen LogP contribution in [0.3, 0.4) is 0 Å². The molecular weight excluding hydrogens is 224 g/mol. The molecule has 0 bridgehead atoms. The Morgan fingerprint density at radius 1 is 1.17 bits per heavy atom. The SMILES string of the molecule is CCOc1ccc(-c2nc3c([nH]2)=CCCC=3)cc1. The van der Waals surface area contributed by atoms with Gasteiger partial charge in [0.2, 0.25) is 0 Å². The van der Waals surface area contributed by atoms with Crippen LogP contribution < -0.4 is 15.4 Å². The first-order valence-electron chi connectivity index (χ1n) is 6.36. The van der Waals surface area contributed by atoms with E-state index in [1.807, 2.05) is 31.2 Å². The second-order valence-corrected chi connectivity index (χ2v) is 4.33. The summed E-state index contributed by atoms with van der Waals surface area (Å²) in [6.45, 7) is 2.68. The number of aromatic nitrogens is 2. The van der Waals surface area contributed by atoms with Gasteiger partial charge in [0.25, 0.3) is 0 Å². The number of hydrogen-bond acceptors (Lipinski definition) is 2. The Hall–Kier alpha value is -2.03. The summed E-state index contributed by atoms with van der Waals surface area (Å²) in [6, 6.07) is 8.03. The van der Waals surface area contributed by atoms with Crippen molar-refractivity contribution in [3.8, 4) is 17.1 Å². The lowest BCUT2D eigenvalue weighted by Crippen LogP contribution is -2.26. The Labute approximate surface area is 106 Å². The van der Waals surface area contributed by atoms with Crippen LogP contribution >= 0.6 is 0 Å². The smallest absolute Gasteiger partial charge is 0.138 e. The number of ether oxygens (including phenoxy) is 1. The Kier molecular flexibility index (Phi) is 2.89. The van der Waals surface area contributed by atoms with Gasteiger partial charge < -0.3 is 9.72 Å². The second-order valence-electron chi connectivity index (χ2n) is 4.33. The lowest BCUT2D eigenvalue weighted by molar-refractivity contribution is 0.340. The normalized spacial score (nSPS) is 13.4. The monoisotopic (exact) mass is 240 g/mol. The topological polar surface area (TPSA) is 37.9 Å². The van der Waals surface area contributed by atoms with E-state index in [9.17, 15) is 0 Å². The summed E-state index contributed by atoms with van der Waals surface area (Å²) in [7, 11) is 0. The lowest BCUT2D eigenvalue weighted by Gasteiger charge is -2.02. The number of aromatic amines is 1. The van der Waals surface area contributed by atoms with Gasteiger partial charge in [-0.3, -0.25) is 0 Å². The molecular formula is C15H16N2O. The number of H-pyrrole nitrogens is 1. The summed E-state index contributed by atoms with van der Waals surface area (Å²) in [5.41, 5.74) is 1.09. The molecule has 1 aliphatic carbocycles. The van der Waals surface area contributed by atoms with Gasteiger partial charge in [-0.2, -0.15) is 0 Å². The molecule has 1 N–H and O–H groups in total. The zero-order valence-corrected chi connectivity index (χ0v) is 10.4. The third kappa shape index (κ3) is 2.04. The molecule has 0 atom stereocenters. The number of nitrogens with one attached hydrogen (secondary N) is 1. The molecule has 0 unspecified atom stereocenters. The van der Waals surface area contributed by atoms with Crippen molar-refractivity contribution in [1.29, 1.82) is 0 Å².